The Morgan fingerprint density at radius 1 is 1.32 bits per heavy atom. The van der Waals surface area contributed by atoms with Gasteiger partial charge in [-0.25, -0.2) is 9.29 Å². The van der Waals surface area contributed by atoms with E-state index in [0.717, 1.165) is 36.5 Å². The van der Waals surface area contributed by atoms with Crippen molar-refractivity contribution in [3.8, 4) is 17.1 Å². The number of nitrogens with one attached hydrogen (secondary N) is 1. The highest BCUT2D eigenvalue weighted by atomic mass is 32.2. The topological polar surface area (TPSA) is 128 Å². The lowest BCUT2D eigenvalue weighted by atomic mass is 10.0. The lowest BCUT2D eigenvalue weighted by Gasteiger charge is -2.38. The number of fused-ring (bicyclic) bond motifs is 1. The van der Waals surface area contributed by atoms with Crippen molar-refractivity contribution in [2.75, 3.05) is 26.3 Å². The molecule has 12 heteroatoms. The van der Waals surface area contributed by atoms with Gasteiger partial charge in [0.25, 0.3) is 10.6 Å². The molecule has 1 saturated heterocycles. The summed E-state index contributed by atoms with van der Waals surface area (Å²) in [6, 6.07) is 5.84. The molecule has 1 fully saturated rings. The fourth-order valence-electron chi connectivity index (χ4n) is 4.03. The van der Waals surface area contributed by atoms with E-state index in [1.165, 1.54) is 0 Å². The average molecular weight is 489 g/mol. The molecule has 34 heavy (non-hydrogen) atoms. The minimum atomic E-state index is -0.751. The fourth-order valence-corrected chi connectivity index (χ4v) is 5.20. The Labute approximate surface area is 200 Å². The minimum Gasteiger partial charge on any atom is -0.493 e. The van der Waals surface area contributed by atoms with Crippen LogP contribution in [-0.4, -0.2) is 55.4 Å². The van der Waals surface area contributed by atoms with Crippen LogP contribution in [0, 0.1) is 16.0 Å². The zero-order chi connectivity index (χ0) is 24.2. The largest absolute Gasteiger partial charge is 0.493 e. The van der Waals surface area contributed by atoms with Gasteiger partial charge in [0.1, 0.15) is 17.1 Å². The van der Waals surface area contributed by atoms with Crippen LogP contribution < -0.4 is 10.3 Å². The van der Waals surface area contributed by atoms with Gasteiger partial charge in [-0.2, -0.15) is 5.10 Å². The molecule has 0 atom stereocenters. The van der Waals surface area contributed by atoms with Crippen LogP contribution in [0.2, 0.25) is 0 Å². The van der Waals surface area contributed by atoms with Crippen LogP contribution in [0.4, 0.5) is 0 Å². The van der Waals surface area contributed by atoms with E-state index >= 15 is 0 Å². The number of benzene rings is 1. The van der Waals surface area contributed by atoms with Gasteiger partial charge in [-0.05, 0) is 55.8 Å². The Bertz CT molecular complexity index is 1240. The van der Waals surface area contributed by atoms with Gasteiger partial charge in [-0.15, -0.1) is 10.1 Å². The molecule has 1 aliphatic rings. The monoisotopic (exact) mass is 488 g/mol. The first kappa shape index (κ1) is 24.0. The van der Waals surface area contributed by atoms with E-state index in [1.54, 1.807) is 23.7 Å². The SMILES string of the molecule is CCCc1nn(C)c2c(=O)[nH]c(-c3cc(SN4CC(CCO[N+](=O)[O-])C4)ccc3OCC)nc12. The third kappa shape index (κ3) is 5.17. The van der Waals surface area contributed by atoms with Crippen LogP contribution in [0.25, 0.3) is 22.4 Å². The summed E-state index contributed by atoms with van der Waals surface area (Å²) in [4.78, 5) is 36.3. The summed E-state index contributed by atoms with van der Waals surface area (Å²) < 4.78 is 9.61. The number of hydrogen-bond acceptors (Lipinski definition) is 9. The number of H-pyrrole nitrogens is 1. The van der Waals surface area contributed by atoms with Crippen LogP contribution in [-0.2, 0) is 18.3 Å². The Balaban J connectivity index is 1.57. The van der Waals surface area contributed by atoms with Crippen molar-refractivity contribution in [1.82, 2.24) is 24.1 Å². The zero-order valence-electron chi connectivity index (χ0n) is 19.4. The van der Waals surface area contributed by atoms with Gasteiger partial charge in [0.05, 0.1) is 24.5 Å². The predicted molar refractivity (Wildman–Crippen MR) is 128 cm³/mol. The molecule has 3 heterocycles. The lowest BCUT2D eigenvalue weighted by Crippen LogP contribution is -2.42. The molecule has 2 aromatic heterocycles. The Morgan fingerprint density at radius 2 is 2.12 bits per heavy atom. The van der Waals surface area contributed by atoms with E-state index in [-0.39, 0.29) is 12.2 Å². The standard InChI is InChI=1S/C22H28N6O5S/c1-4-6-17-19-20(26(3)25-17)22(29)24-21(23-19)16-11-15(7-8-18(16)32-5-2)34-27-12-14(13-27)9-10-33-28(30)31/h7-8,11,14H,4-6,9-10,12-13H2,1-3H3,(H,23,24,29). The summed E-state index contributed by atoms with van der Waals surface area (Å²) in [6.45, 7) is 6.24. The average Bonchev–Trinajstić information content (AvgIpc) is 3.08. The summed E-state index contributed by atoms with van der Waals surface area (Å²) >= 11 is 1.60. The molecule has 11 nitrogen and oxygen atoms in total. The molecule has 1 aromatic carbocycles. The predicted octanol–water partition coefficient (Wildman–Crippen LogP) is 3.21. The second kappa shape index (κ2) is 10.4. The number of aromatic amines is 1. The van der Waals surface area contributed by atoms with E-state index in [2.05, 4.69) is 26.1 Å². The molecule has 1 N–H and O–H groups in total. The molecule has 3 aromatic rings. The molecule has 0 bridgehead atoms. The van der Waals surface area contributed by atoms with Crippen molar-refractivity contribution < 1.29 is 14.7 Å². The normalized spacial score (nSPS) is 14.3. The highest BCUT2D eigenvalue weighted by Gasteiger charge is 2.28. The molecule has 1 aliphatic heterocycles. The van der Waals surface area contributed by atoms with Gasteiger partial charge in [0.15, 0.2) is 5.52 Å². The van der Waals surface area contributed by atoms with Gasteiger partial charge in [0, 0.05) is 25.0 Å². The maximum absolute atomic E-state index is 12.9. The van der Waals surface area contributed by atoms with Gasteiger partial charge in [0.2, 0.25) is 0 Å². The molecule has 0 saturated carbocycles. The van der Waals surface area contributed by atoms with Crippen LogP contribution in [0.15, 0.2) is 27.9 Å². The van der Waals surface area contributed by atoms with Crippen LogP contribution in [0.1, 0.15) is 32.4 Å². The maximum Gasteiger partial charge on any atom is 0.294 e. The maximum atomic E-state index is 12.9. The van der Waals surface area contributed by atoms with Crippen molar-refractivity contribution in [3.63, 3.8) is 0 Å². The highest BCUT2D eigenvalue weighted by Crippen LogP contribution is 2.37. The third-order valence-corrected chi connectivity index (χ3v) is 6.66. The minimum absolute atomic E-state index is 0.124. The smallest absolute Gasteiger partial charge is 0.294 e. The Hall–Kier alpha value is -3.12. The number of rotatable bonds is 11. The summed E-state index contributed by atoms with van der Waals surface area (Å²) in [5.41, 5.74) is 2.37. The van der Waals surface area contributed by atoms with Crippen molar-refractivity contribution in [3.05, 3.63) is 44.4 Å². The molecular formula is C22H28N6O5S. The van der Waals surface area contributed by atoms with Gasteiger partial charge >= 0.3 is 0 Å². The molecule has 0 amide bonds. The highest BCUT2D eigenvalue weighted by molar-refractivity contribution is 7.97. The molecule has 0 spiro atoms. The van der Waals surface area contributed by atoms with Gasteiger partial charge < -0.3 is 14.6 Å². The van der Waals surface area contributed by atoms with Crippen molar-refractivity contribution in [2.24, 2.45) is 13.0 Å². The van der Waals surface area contributed by atoms with Gasteiger partial charge in [-0.3, -0.25) is 9.48 Å². The van der Waals surface area contributed by atoms with Gasteiger partial charge in [-0.1, -0.05) is 13.3 Å². The van der Waals surface area contributed by atoms with E-state index in [4.69, 9.17) is 9.72 Å². The second-order valence-electron chi connectivity index (χ2n) is 8.17. The van der Waals surface area contributed by atoms with E-state index in [0.29, 0.717) is 47.1 Å². The molecule has 0 aliphatic carbocycles. The van der Waals surface area contributed by atoms with Crippen molar-refractivity contribution in [1.29, 1.82) is 0 Å². The summed E-state index contributed by atoms with van der Waals surface area (Å²) in [6.07, 6.45) is 2.30. The zero-order valence-corrected chi connectivity index (χ0v) is 20.3. The Kier molecular flexibility index (Phi) is 7.37. The van der Waals surface area contributed by atoms with Crippen molar-refractivity contribution in [2.45, 2.75) is 38.0 Å². The third-order valence-electron chi connectivity index (χ3n) is 5.64. The lowest BCUT2D eigenvalue weighted by molar-refractivity contribution is -0.758. The molecular weight excluding hydrogens is 460 g/mol. The number of nitrogens with zero attached hydrogens (tertiary/aromatic N) is 5. The number of hydrogen-bond donors (Lipinski definition) is 1. The summed E-state index contributed by atoms with van der Waals surface area (Å²) in [5, 5.41) is 14.0. The molecule has 0 unspecified atom stereocenters. The first-order valence-corrected chi connectivity index (χ1v) is 12.1. The second-order valence-corrected chi connectivity index (χ2v) is 9.34. The van der Waals surface area contributed by atoms with Crippen LogP contribution in [0.3, 0.4) is 0 Å². The number of ether oxygens (including phenoxy) is 1. The van der Waals surface area contributed by atoms with E-state index in [9.17, 15) is 14.9 Å². The van der Waals surface area contributed by atoms with E-state index in [1.807, 2.05) is 25.1 Å². The number of aryl methyl sites for hydroxylation is 2. The first-order valence-electron chi connectivity index (χ1n) is 11.3. The molecule has 0 radical (unpaired) electrons. The summed E-state index contributed by atoms with van der Waals surface area (Å²) in [7, 11) is 1.75. The fraction of sp³-hybridized carbons (Fsp3) is 0.500. The Morgan fingerprint density at radius 3 is 2.82 bits per heavy atom. The quantitative estimate of drug-likeness (QED) is 0.246. The van der Waals surface area contributed by atoms with Crippen LogP contribution in [0.5, 0.6) is 5.75 Å². The summed E-state index contributed by atoms with van der Waals surface area (Å²) in [5.74, 6) is 1.47. The van der Waals surface area contributed by atoms with Crippen molar-refractivity contribution >= 4 is 23.0 Å². The first-order chi connectivity index (χ1) is 16.4. The molecule has 182 valence electrons. The van der Waals surface area contributed by atoms with E-state index < -0.39 is 5.09 Å². The number of aromatic nitrogens is 4. The van der Waals surface area contributed by atoms with Crippen LogP contribution >= 0.6 is 11.9 Å². The molecule has 4 rings (SSSR count).